The van der Waals surface area contributed by atoms with Gasteiger partial charge in [0.2, 0.25) is 5.91 Å². The van der Waals surface area contributed by atoms with Crippen LogP contribution in [0.15, 0.2) is 29.8 Å². The van der Waals surface area contributed by atoms with Crippen LogP contribution in [0.3, 0.4) is 0 Å². The molecule has 0 N–H and O–H groups in total. The molecule has 0 radical (unpaired) electrons. The summed E-state index contributed by atoms with van der Waals surface area (Å²) in [5, 5.41) is 2.91. The summed E-state index contributed by atoms with van der Waals surface area (Å²) in [6.07, 6.45) is 2.30. The van der Waals surface area contributed by atoms with Gasteiger partial charge in [-0.15, -0.1) is 11.3 Å². The molecule has 2 unspecified atom stereocenters. The molecule has 7 heteroatoms. The van der Waals surface area contributed by atoms with Crippen LogP contribution in [0.1, 0.15) is 17.9 Å². The Kier molecular flexibility index (Phi) is 3.96. The van der Waals surface area contributed by atoms with E-state index in [4.69, 9.17) is 0 Å². The van der Waals surface area contributed by atoms with E-state index < -0.39 is 11.6 Å². The van der Waals surface area contributed by atoms with E-state index in [0.29, 0.717) is 19.5 Å². The maximum absolute atomic E-state index is 13.9. The van der Waals surface area contributed by atoms with E-state index in [1.807, 2.05) is 10.3 Å². The van der Waals surface area contributed by atoms with E-state index in [9.17, 15) is 13.6 Å². The molecule has 0 spiro atoms. The minimum atomic E-state index is -0.552. The van der Waals surface area contributed by atoms with Crippen LogP contribution in [0, 0.1) is 17.6 Å². The van der Waals surface area contributed by atoms with E-state index in [1.165, 1.54) is 18.2 Å². The van der Waals surface area contributed by atoms with Gasteiger partial charge in [-0.2, -0.15) is 0 Å². The van der Waals surface area contributed by atoms with Crippen LogP contribution in [0.2, 0.25) is 0 Å². The molecule has 1 aromatic carbocycles. The molecule has 24 heavy (non-hydrogen) atoms. The average Bonchev–Trinajstić information content (AvgIpc) is 3.16. The van der Waals surface area contributed by atoms with Crippen molar-refractivity contribution in [3.8, 4) is 0 Å². The highest BCUT2D eigenvalue weighted by Crippen LogP contribution is 2.50. The van der Waals surface area contributed by atoms with Crippen molar-refractivity contribution in [2.24, 2.45) is 5.92 Å². The van der Waals surface area contributed by atoms with Crippen LogP contribution >= 0.6 is 11.3 Å². The molecule has 4 rings (SSSR count). The predicted molar refractivity (Wildman–Crippen MR) is 88.1 cm³/mol. The Morgan fingerprint density at radius 2 is 1.88 bits per heavy atom. The van der Waals surface area contributed by atoms with Gasteiger partial charge in [-0.3, -0.25) is 4.79 Å². The lowest BCUT2D eigenvalue weighted by Gasteiger charge is -2.34. The fraction of sp³-hybridized carbons (Fsp3) is 0.412. The second-order valence-electron chi connectivity index (χ2n) is 6.21. The van der Waals surface area contributed by atoms with Gasteiger partial charge in [0.1, 0.15) is 11.6 Å². The first-order chi connectivity index (χ1) is 11.6. The number of hydrogen-bond acceptors (Lipinski definition) is 4. The van der Waals surface area contributed by atoms with Crippen molar-refractivity contribution in [2.75, 3.05) is 31.1 Å². The summed E-state index contributed by atoms with van der Waals surface area (Å²) in [6, 6.07) is 3.86. The lowest BCUT2D eigenvalue weighted by atomic mass is 10.1. The summed E-state index contributed by atoms with van der Waals surface area (Å²) in [5.74, 6) is -1.70. The van der Waals surface area contributed by atoms with Crippen molar-refractivity contribution in [3.63, 3.8) is 0 Å². The molecular formula is C17H17F2N3OS. The summed E-state index contributed by atoms with van der Waals surface area (Å²) in [7, 11) is 0. The maximum atomic E-state index is 13.9. The number of carbonyl (C=O) groups excluding carboxylic acids is 1. The molecule has 2 heterocycles. The highest BCUT2D eigenvalue weighted by atomic mass is 32.1. The van der Waals surface area contributed by atoms with E-state index >= 15 is 0 Å². The van der Waals surface area contributed by atoms with E-state index in [1.54, 1.807) is 17.5 Å². The van der Waals surface area contributed by atoms with Crippen molar-refractivity contribution in [1.29, 1.82) is 0 Å². The third-order valence-electron chi connectivity index (χ3n) is 4.76. The largest absolute Gasteiger partial charge is 0.345 e. The average molecular weight is 349 g/mol. The Labute approximate surface area is 142 Å². The third kappa shape index (κ3) is 2.77. The summed E-state index contributed by atoms with van der Waals surface area (Å²) in [5.41, 5.74) is 0.0669. The van der Waals surface area contributed by atoms with Gasteiger partial charge in [-0.25, -0.2) is 13.8 Å². The normalized spacial score (nSPS) is 23.4. The number of amides is 1. The quantitative estimate of drug-likeness (QED) is 0.855. The third-order valence-corrected chi connectivity index (χ3v) is 5.59. The second-order valence-corrected chi connectivity index (χ2v) is 7.08. The molecule has 1 aliphatic carbocycles. The Morgan fingerprint density at radius 3 is 2.50 bits per heavy atom. The van der Waals surface area contributed by atoms with Crippen molar-refractivity contribution in [1.82, 2.24) is 9.88 Å². The van der Waals surface area contributed by atoms with Crippen LogP contribution in [0.4, 0.5) is 13.9 Å². The van der Waals surface area contributed by atoms with Gasteiger partial charge < -0.3 is 9.80 Å². The number of rotatable bonds is 3. The lowest BCUT2D eigenvalue weighted by molar-refractivity contribution is -0.133. The van der Waals surface area contributed by atoms with E-state index in [-0.39, 0.29) is 23.3 Å². The molecule has 2 aliphatic rings. The van der Waals surface area contributed by atoms with Crippen molar-refractivity contribution in [2.45, 2.75) is 12.3 Å². The van der Waals surface area contributed by atoms with Crippen LogP contribution < -0.4 is 4.90 Å². The first-order valence-electron chi connectivity index (χ1n) is 8.02. The SMILES string of the molecule is O=C(C1CC1c1c(F)cccc1F)N1CCN(c2nccs2)CC1. The second kappa shape index (κ2) is 6.12. The Bertz CT molecular complexity index is 724. The number of thiazole rings is 1. The molecule has 1 saturated heterocycles. The molecule has 1 aromatic heterocycles. The zero-order valence-electron chi connectivity index (χ0n) is 13.0. The molecule has 1 saturated carbocycles. The minimum absolute atomic E-state index is 0.0152. The van der Waals surface area contributed by atoms with Crippen LogP contribution in [-0.4, -0.2) is 42.0 Å². The number of halogens is 2. The number of anilines is 1. The summed E-state index contributed by atoms with van der Waals surface area (Å²) < 4.78 is 27.7. The minimum Gasteiger partial charge on any atom is -0.345 e. The van der Waals surface area contributed by atoms with Gasteiger partial charge in [0.05, 0.1) is 0 Å². The van der Waals surface area contributed by atoms with Crippen LogP contribution in [0.5, 0.6) is 0 Å². The molecule has 1 aliphatic heterocycles. The first-order valence-corrected chi connectivity index (χ1v) is 8.90. The van der Waals surface area contributed by atoms with Crippen molar-refractivity contribution < 1.29 is 13.6 Å². The van der Waals surface area contributed by atoms with Gasteiger partial charge in [0, 0.05) is 55.2 Å². The van der Waals surface area contributed by atoms with Gasteiger partial charge in [0.15, 0.2) is 5.13 Å². The molecule has 126 valence electrons. The van der Waals surface area contributed by atoms with Gasteiger partial charge in [-0.1, -0.05) is 6.07 Å². The predicted octanol–water partition coefficient (Wildman–Crippen LogP) is 2.87. The van der Waals surface area contributed by atoms with Gasteiger partial charge in [-0.05, 0) is 18.6 Å². The number of benzene rings is 1. The molecule has 0 bridgehead atoms. The Morgan fingerprint density at radius 1 is 1.17 bits per heavy atom. The summed E-state index contributed by atoms with van der Waals surface area (Å²) in [6.45, 7) is 2.73. The number of aromatic nitrogens is 1. The maximum Gasteiger partial charge on any atom is 0.226 e. The smallest absolute Gasteiger partial charge is 0.226 e. The molecule has 2 fully saturated rings. The van der Waals surface area contributed by atoms with Gasteiger partial charge >= 0.3 is 0 Å². The van der Waals surface area contributed by atoms with E-state index in [0.717, 1.165) is 18.2 Å². The fourth-order valence-electron chi connectivity index (χ4n) is 3.38. The number of piperazine rings is 1. The molecule has 1 amide bonds. The van der Waals surface area contributed by atoms with E-state index in [2.05, 4.69) is 9.88 Å². The number of carbonyl (C=O) groups is 1. The fourth-order valence-corrected chi connectivity index (χ4v) is 4.07. The molecule has 2 aromatic rings. The molecule has 2 atom stereocenters. The Balaban J connectivity index is 1.38. The van der Waals surface area contributed by atoms with Crippen LogP contribution in [-0.2, 0) is 4.79 Å². The highest BCUT2D eigenvalue weighted by molar-refractivity contribution is 7.13. The van der Waals surface area contributed by atoms with Crippen LogP contribution in [0.25, 0.3) is 0 Å². The van der Waals surface area contributed by atoms with Gasteiger partial charge in [0.25, 0.3) is 0 Å². The monoisotopic (exact) mass is 349 g/mol. The zero-order valence-corrected chi connectivity index (χ0v) is 13.8. The number of nitrogens with zero attached hydrogens (tertiary/aromatic N) is 3. The Hall–Kier alpha value is -2.02. The molecule has 4 nitrogen and oxygen atoms in total. The summed E-state index contributed by atoms with van der Waals surface area (Å²) in [4.78, 5) is 20.9. The number of hydrogen-bond donors (Lipinski definition) is 0. The zero-order chi connectivity index (χ0) is 16.7. The topological polar surface area (TPSA) is 36.4 Å². The lowest BCUT2D eigenvalue weighted by Crippen LogP contribution is -2.49. The first kappa shape index (κ1) is 15.5. The highest BCUT2D eigenvalue weighted by Gasteiger charge is 2.48. The summed E-state index contributed by atoms with van der Waals surface area (Å²) >= 11 is 1.59. The van der Waals surface area contributed by atoms with Crippen molar-refractivity contribution >= 4 is 22.4 Å². The molecular weight excluding hydrogens is 332 g/mol. The van der Waals surface area contributed by atoms with Crippen molar-refractivity contribution in [3.05, 3.63) is 47.0 Å². The standard InChI is InChI=1S/C17H17F2N3OS/c18-13-2-1-3-14(19)15(13)11-10-12(11)16(23)21-5-7-22(8-6-21)17-20-4-9-24-17/h1-4,9,11-12H,5-8,10H2.